The molecule has 2 N–H and O–H groups in total. The van der Waals surface area contributed by atoms with Crippen LogP contribution in [-0.4, -0.2) is 9.91 Å². The van der Waals surface area contributed by atoms with Crippen molar-refractivity contribution in [2.45, 2.75) is 20.1 Å². The molecule has 0 bridgehead atoms. The Balaban J connectivity index is 2.15. The lowest BCUT2D eigenvalue weighted by Crippen LogP contribution is -2.06. The van der Waals surface area contributed by atoms with E-state index >= 15 is 0 Å². The van der Waals surface area contributed by atoms with Gasteiger partial charge in [-0.3, -0.25) is 15.1 Å². The van der Waals surface area contributed by atoms with Crippen LogP contribution in [0.2, 0.25) is 0 Å². The second kappa shape index (κ2) is 6.64. The van der Waals surface area contributed by atoms with Crippen LogP contribution < -0.4 is 10.5 Å². The highest BCUT2D eigenvalue weighted by molar-refractivity contribution is 9.10. The van der Waals surface area contributed by atoms with Crippen LogP contribution in [0.1, 0.15) is 17.0 Å². The van der Waals surface area contributed by atoms with E-state index in [0.717, 1.165) is 11.3 Å². The summed E-state index contributed by atoms with van der Waals surface area (Å²) in [4.78, 5) is 14.6. The number of pyridine rings is 1. The fourth-order valence-corrected chi connectivity index (χ4v) is 2.28. The summed E-state index contributed by atoms with van der Waals surface area (Å²) in [5.41, 5.74) is 8.05. The Bertz CT molecular complexity index is 677. The van der Waals surface area contributed by atoms with Gasteiger partial charge in [-0.2, -0.15) is 0 Å². The number of rotatable bonds is 5. The van der Waals surface area contributed by atoms with E-state index in [1.165, 1.54) is 12.1 Å². The van der Waals surface area contributed by atoms with E-state index in [1.54, 1.807) is 6.07 Å². The third kappa shape index (κ3) is 3.77. The minimum atomic E-state index is -0.439. The van der Waals surface area contributed by atoms with Gasteiger partial charge in [0, 0.05) is 34.4 Å². The third-order valence-electron chi connectivity index (χ3n) is 2.90. The number of ether oxygens (including phenoxy) is 1. The molecule has 0 spiro atoms. The maximum Gasteiger partial charge on any atom is 0.270 e. The molecule has 0 radical (unpaired) electrons. The van der Waals surface area contributed by atoms with Crippen LogP contribution >= 0.6 is 15.9 Å². The number of benzene rings is 1. The van der Waals surface area contributed by atoms with Crippen molar-refractivity contribution in [1.29, 1.82) is 0 Å². The highest BCUT2D eigenvalue weighted by atomic mass is 79.9. The molecule has 1 aromatic carbocycles. The van der Waals surface area contributed by atoms with Crippen LogP contribution in [0.5, 0.6) is 5.75 Å². The molecule has 21 heavy (non-hydrogen) atoms. The molecule has 0 fully saturated rings. The molecule has 0 saturated heterocycles. The first-order chi connectivity index (χ1) is 10.0. The highest BCUT2D eigenvalue weighted by Crippen LogP contribution is 2.25. The summed E-state index contributed by atoms with van der Waals surface area (Å²) in [5, 5.41) is 10.7. The van der Waals surface area contributed by atoms with Crippen molar-refractivity contribution in [3.8, 4) is 5.75 Å². The minimum absolute atomic E-state index is 0.0327. The van der Waals surface area contributed by atoms with Crippen molar-refractivity contribution in [3.05, 3.63) is 61.9 Å². The van der Waals surface area contributed by atoms with Crippen molar-refractivity contribution < 1.29 is 9.66 Å². The second-order valence-corrected chi connectivity index (χ2v) is 5.28. The Morgan fingerprint density at radius 1 is 1.38 bits per heavy atom. The molecule has 6 nitrogen and oxygen atoms in total. The Labute approximate surface area is 130 Å². The lowest BCUT2D eigenvalue weighted by Gasteiger charge is -2.11. The Hall–Kier alpha value is -1.99. The normalized spacial score (nSPS) is 10.4. The van der Waals surface area contributed by atoms with Crippen LogP contribution in [0.3, 0.4) is 0 Å². The van der Waals surface area contributed by atoms with Crippen LogP contribution in [0.15, 0.2) is 34.8 Å². The summed E-state index contributed by atoms with van der Waals surface area (Å²) in [6.45, 7) is 2.45. The number of nitrogens with zero attached hydrogens (tertiary/aromatic N) is 2. The molecule has 7 heteroatoms. The van der Waals surface area contributed by atoms with Crippen molar-refractivity contribution >= 4 is 21.6 Å². The zero-order valence-electron chi connectivity index (χ0n) is 11.4. The Morgan fingerprint density at radius 3 is 2.76 bits per heavy atom. The summed E-state index contributed by atoms with van der Waals surface area (Å²) in [6.07, 6.45) is 0. The minimum Gasteiger partial charge on any atom is -0.487 e. The van der Waals surface area contributed by atoms with Gasteiger partial charge >= 0.3 is 0 Å². The molecule has 2 rings (SSSR count). The number of nitro benzene ring substituents is 1. The summed E-state index contributed by atoms with van der Waals surface area (Å²) in [6, 6.07) is 8.23. The van der Waals surface area contributed by atoms with Gasteiger partial charge in [0.25, 0.3) is 5.69 Å². The number of non-ortho nitro benzene ring substituents is 1. The van der Waals surface area contributed by atoms with Gasteiger partial charge in [-0.05, 0) is 25.1 Å². The first-order valence-corrected chi connectivity index (χ1v) is 7.02. The molecular weight excluding hydrogens is 338 g/mol. The molecule has 0 atom stereocenters. The van der Waals surface area contributed by atoms with Gasteiger partial charge in [0.1, 0.15) is 12.4 Å². The van der Waals surface area contributed by atoms with E-state index in [2.05, 4.69) is 20.9 Å². The monoisotopic (exact) mass is 351 g/mol. The molecular formula is C14H14BrN3O3. The molecule has 2 aromatic rings. The molecule has 0 aliphatic heterocycles. The van der Waals surface area contributed by atoms with Gasteiger partial charge in [0.05, 0.1) is 10.6 Å². The predicted molar refractivity (Wildman–Crippen MR) is 82.0 cm³/mol. The zero-order chi connectivity index (χ0) is 15.4. The van der Waals surface area contributed by atoms with Gasteiger partial charge in [0.2, 0.25) is 0 Å². The number of nitro groups is 1. The Morgan fingerprint density at radius 2 is 2.14 bits per heavy atom. The van der Waals surface area contributed by atoms with Gasteiger partial charge in [-0.1, -0.05) is 15.9 Å². The van der Waals surface area contributed by atoms with Crippen molar-refractivity contribution in [2.75, 3.05) is 0 Å². The van der Waals surface area contributed by atoms with Gasteiger partial charge in [-0.15, -0.1) is 0 Å². The van der Waals surface area contributed by atoms with Gasteiger partial charge < -0.3 is 10.5 Å². The maximum absolute atomic E-state index is 10.7. The van der Waals surface area contributed by atoms with Crippen LogP contribution in [-0.2, 0) is 13.2 Å². The van der Waals surface area contributed by atoms with E-state index in [4.69, 9.17) is 10.5 Å². The van der Waals surface area contributed by atoms with Crippen molar-refractivity contribution in [3.63, 3.8) is 0 Å². The van der Waals surface area contributed by atoms with Crippen LogP contribution in [0.25, 0.3) is 0 Å². The van der Waals surface area contributed by atoms with Crippen LogP contribution in [0.4, 0.5) is 5.69 Å². The zero-order valence-corrected chi connectivity index (χ0v) is 13.0. The van der Waals surface area contributed by atoms with E-state index in [1.807, 2.05) is 19.1 Å². The van der Waals surface area contributed by atoms with Crippen molar-refractivity contribution in [1.82, 2.24) is 4.98 Å². The Kier molecular flexibility index (Phi) is 4.87. The number of aryl methyl sites for hydroxylation is 1. The molecule has 0 unspecified atom stereocenters. The predicted octanol–water partition coefficient (Wildman–Crippen LogP) is 3.10. The van der Waals surface area contributed by atoms with Gasteiger partial charge in [-0.25, -0.2) is 0 Å². The van der Waals surface area contributed by atoms with E-state index in [0.29, 0.717) is 22.5 Å². The van der Waals surface area contributed by atoms with Crippen LogP contribution in [0, 0.1) is 17.0 Å². The average molecular weight is 352 g/mol. The maximum atomic E-state index is 10.7. The molecule has 0 aliphatic rings. The average Bonchev–Trinajstić information content (AvgIpc) is 2.46. The molecule has 0 amide bonds. The fourth-order valence-electron chi connectivity index (χ4n) is 1.80. The topological polar surface area (TPSA) is 91.3 Å². The number of nitrogens with two attached hydrogens (primary N) is 1. The summed E-state index contributed by atoms with van der Waals surface area (Å²) in [5.74, 6) is 0.619. The first-order valence-electron chi connectivity index (χ1n) is 6.23. The molecule has 1 heterocycles. The standard InChI is InChI=1S/C14H14BrN3O3/c1-9-2-5-14(13(7-16)17-9)21-8-10-3-4-11(18(19)20)6-12(10)15/h2-6H,7-8,16H2,1H3. The number of hydrogen-bond donors (Lipinski definition) is 1. The quantitative estimate of drug-likeness (QED) is 0.660. The molecule has 110 valence electrons. The molecule has 0 saturated carbocycles. The second-order valence-electron chi connectivity index (χ2n) is 4.42. The lowest BCUT2D eigenvalue weighted by molar-refractivity contribution is -0.384. The summed E-state index contributed by atoms with van der Waals surface area (Å²) >= 11 is 3.31. The van der Waals surface area contributed by atoms with Crippen molar-refractivity contribution in [2.24, 2.45) is 5.73 Å². The fraction of sp³-hybridized carbons (Fsp3) is 0.214. The number of hydrogen-bond acceptors (Lipinski definition) is 5. The summed E-state index contributed by atoms with van der Waals surface area (Å²) < 4.78 is 6.34. The largest absolute Gasteiger partial charge is 0.487 e. The SMILES string of the molecule is Cc1ccc(OCc2ccc([N+](=O)[O-])cc2Br)c(CN)n1. The van der Waals surface area contributed by atoms with E-state index < -0.39 is 4.92 Å². The molecule has 1 aromatic heterocycles. The molecule has 0 aliphatic carbocycles. The summed E-state index contributed by atoms with van der Waals surface area (Å²) in [7, 11) is 0. The lowest BCUT2D eigenvalue weighted by atomic mass is 10.2. The number of halogens is 1. The first kappa shape index (κ1) is 15.4. The number of aromatic nitrogens is 1. The van der Waals surface area contributed by atoms with E-state index in [-0.39, 0.29) is 12.3 Å². The smallest absolute Gasteiger partial charge is 0.270 e. The third-order valence-corrected chi connectivity index (χ3v) is 3.63. The van der Waals surface area contributed by atoms with E-state index in [9.17, 15) is 10.1 Å². The van der Waals surface area contributed by atoms with Gasteiger partial charge in [0.15, 0.2) is 0 Å². The highest BCUT2D eigenvalue weighted by Gasteiger charge is 2.10.